The minimum atomic E-state index is -0.309. The number of nitrogens with zero attached hydrogens (tertiary/aromatic N) is 1. The van der Waals surface area contributed by atoms with Gasteiger partial charge in [-0.2, -0.15) is 0 Å². The smallest absolute Gasteiger partial charge is 0.223 e. The third-order valence-corrected chi connectivity index (χ3v) is 2.85. The van der Waals surface area contributed by atoms with Crippen molar-refractivity contribution >= 4 is 0 Å². The van der Waals surface area contributed by atoms with Crippen LogP contribution in [0.1, 0.15) is 24.6 Å². The van der Waals surface area contributed by atoms with E-state index in [-0.39, 0.29) is 11.2 Å². The Balaban J connectivity index is 2.34. The molecule has 4 heteroatoms. The Labute approximate surface area is 88.1 Å². The van der Waals surface area contributed by atoms with E-state index in [4.69, 9.17) is 4.74 Å². The van der Waals surface area contributed by atoms with Gasteiger partial charge in [0.2, 0.25) is 5.43 Å². The first kappa shape index (κ1) is 10.2. The maximum absolute atomic E-state index is 11.2. The number of pyridine rings is 1. The largest absolute Gasteiger partial charge is 0.503 e. The Morgan fingerprint density at radius 3 is 2.80 bits per heavy atom. The number of aromatic nitrogens is 1. The van der Waals surface area contributed by atoms with Crippen LogP contribution in [0.2, 0.25) is 0 Å². The van der Waals surface area contributed by atoms with Crippen molar-refractivity contribution in [2.75, 3.05) is 13.2 Å². The number of aryl methyl sites for hydroxylation is 1. The summed E-state index contributed by atoms with van der Waals surface area (Å²) in [6, 6.07) is 1.82. The molecule has 15 heavy (non-hydrogen) atoms. The molecule has 82 valence electrons. The second kappa shape index (κ2) is 4.06. The number of ether oxygens (including phenoxy) is 1. The molecule has 2 heterocycles. The molecule has 1 saturated heterocycles. The van der Waals surface area contributed by atoms with Crippen LogP contribution in [0.5, 0.6) is 5.75 Å². The zero-order valence-corrected chi connectivity index (χ0v) is 8.77. The standard InChI is InChI=1S/C11H15NO3/c1-8-6-10(13)11(14)7-12(8)9-2-4-15-5-3-9/h6-7,9,14H,2-5H2,1H3. The highest BCUT2D eigenvalue weighted by Gasteiger charge is 2.16. The van der Waals surface area contributed by atoms with E-state index >= 15 is 0 Å². The molecule has 1 N–H and O–H groups in total. The van der Waals surface area contributed by atoms with Crippen molar-refractivity contribution in [1.29, 1.82) is 0 Å². The first-order valence-electron chi connectivity index (χ1n) is 5.18. The van der Waals surface area contributed by atoms with Crippen molar-refractivity contribution in [3.63, 3.8) is 0 Å². The van der Waals surface area contributed by atoms with Crippen LogP contribution in [-0.4, -0.2) is 22.9 Å². The van der Waals surface area contributed by atoms with Gasteiger partial charge in [0, 0.05) is 31.0 Å². The fourth-order valence-electron chi connectivity index (χ4n) is 1.99. The Morgan fingerprint density at radius 2 is 2.13 bits per heavy atom. The first-order chi connectivity index (χ1) is 7.18. The van der Waals surface area contributed by atoms with Gasteiger partial charge in [-0.1, -0.05) is 0 Å². The summed E-state index contributed by atoms with van der Waals surface area (Å²) in [4.78, 5) is 11.2. The second-order valence-corrected chi connectivity index (χ2v) is 3.92. The maximum atomic E-state index is 11.2. The summed E-state index contributed by atoms with van der Waals surface area (Å²) < 4.78 is 7.25. The van der Waals surface area contributed by atoms with Gasteiger partial charge in [-0.05, 0) is 19.8 Å². The normalized spacial score (nSPS) is 17.9. The highest BCUT2D eigenvalue weighted by Crippen LogP contribution is 2.22. The molecule has 4 nitrogen and oxygen atoms in total. The zero-order chi connectivity index (χ0) is 10.8. The average Bonchev–Trinajstić information content (AvgIpc) is 2.25. The first-order valence-corrected chi connectivity index (χ1v) is 5.18. The van der Waals surface area contributed by atoms with Gasteiger partial charge >= 0.3 is 0 Å². The molecule has 1 aliphatic heterocycles. The van der Waals surface area contributed by atoms with Crippen LogP contribution in [0.25, 0.3) is 0 Å². The van der Waals surface area contributed by atoms with E-state index in [0.717, 1.165) is 31.7 Å². The quantitative estimate of drug-likeness (QED) is 0.756. The highest BCUT2D eigenvalue weighted by molar-refractivity contribution is 5.20. The maximum Gasteiger partial charge on any atom is 0.223 e. The van der Waals surface area contributed by atoms with Crippen LogP contribution in [0.3, 0.4) is 0 Å². The predicted molar refractivity (Wildman–Crippen MR) is 56.2 cm³/mol. The van der Waals surface area contributed by atoms with E-state index in [2.05, 4.69) is 0 Å². The Morgan fingerprint density at radius 1 is 1.47 bits per heavy atom. The highest BCUT2D eigenvalue weighted by atomic mass is 16.5. The van der Waals surface area contributed by atoms with E-state index in [1.165, 1.54) is 12.3 Å². The van der Waals surface area contributed by atoms with Crippen LogP contribution < -0.4 is 5.43 Å². The molecule has 0 unspecified atom stereocenters. The minimum absolute atomic E-state index is 0.174. The van der Waals surface area contributed by atoms with Crippen LogP contribution in [0.4, 0.5) is 0 Å². The number of aromatic hydroxyl groups is 1. The monoisotopic (exact) mass is 209 g/mol. The third-order valence-electron chi connectivity index (χ3n) is 2.85. The van der Waals surface area contributed by atoms with E-state index in [0.29, 0.717) is 6.04 Å². The summed E-state index contributed by atoms with van der Waals surface area (Å²) in [5, 5.41) is 9.39. The fraction of sp³-hybridized carbons (Fsp3) is 0.545. The molecule has 2 rings (SSSR count). The molecule has 0 amide bonds. The number of hydrogen-bond acceptors (Lipinski definition) is 3. The van der Waals surface area contributed by atoms with Crippen LogP contribution in [0, 0.1) is 6.92 Å². The van der Waals surface area contributed by atoms with E-state index < -0.39 is 0 Å². The molecule has 0 bridgehead atoms. The summed E-state index contributed by atoms with van der Waals surface area (Å²) in [7, 11) is 0. The van der Waals surface area contributed by atoms with E-state index in [1.54, 1.807) is 0 Å². The van der Waals surface area contributed by atoms with Crippen molar-refractivity contribution in [3.05, 3.63) is 28.2 Å². The molecule has 1 fully saturated rings. The fourth-order valence-corrected chi connectivity index (χ4v) is 1.99. The summed E-state index contributed by atoms with van der Waals surface area (Å²) >= 11 is 0. The van der Waals surface area contributed by atoms with Crippen molar-refractivity contribution in [3.8, 4) is 5.75 Å². The average molecular weight is 209 g/mol. The summed E-state index contributed by atoms with van der Waals surface area (Å²) in [5.41, 5.74) is 0.584. The minimum Gasteiger partial charge on any atom is -0.503 e. The van der Waals surface area contributed by atoms with Crippen molar-refractivity contribution in [1.82, 2.24) is 4.57 Å². The van der Waals surface area contributed by atoms with Crippen LogP contribution in [-0.2, 0) is 4.74 Å². The predicted octanol–water partition coefficient (Wildman–Crippen LogP) is 1.21. The van der Waals surface area contributed by atoms with Gasteiger partial charge in [0.25, 0.3) is 0 Å². The molecule has 0 aliphatic carbocycles. The van der Waals surface area contributed by atoms with Gasteiger partial charge in [-0.15, -0.1) is 0 Å². The second-order valence-electron chi connectivity index (χ2n) is 3.92. The third kappa shape index (κ3) is 2.04. The molecule has 0 saturated carbocycles. The summed E-state index contributed by atoms with van der Waals surface area (Å²) in [6.07, 6.45) is 3.40. The Hall–Kier alpha value is -1.29. The van der Waals surface area contributed by atoms with Gasteiger partial charge in [-0.3, -0.25) is 4.79 Å². The molecule has 1 aromatic rings. The molecule has 0 spiro atoms. The van der Waals surface area contributed by atoms with Crippen molar-refractivity contribution < 1.29 is 9.84 Å². The number of rotatable bonds is 1. The van der Waals surface area contributed by atoms with Crippen molar-refractivity contribution in [2.24, 2.45) is 0 Å². The Kier molecular flexibility index (Phi) is 2.77. The molecule has 1 aromatic heterocycles. The molecular formula is C11H15NO3. The lowest BCUT2D eigenvalue weighted by molar-refractivity contribution is 0.0687. The van der Waals surface area contributed by atoms with Crippen molar-refractivity contribution in [2.45, 2.75) is 25.8 Å². The molecular weight excluding hydrogens is 194 g/mol. The topological polar surface area (TPSA) is 51.5 Å². The van der Waals surface area contributed by atoms with Crippen LogP contribution >= 0.6 is 0 Å². The van der Waals surface area contributed by atoms with E-state index in [1.807, 2.05) is 11.5 Å². The number of hydrogen-bond donors (Lipinski definition) is 1. The summed E-state index contributed by atoms with van der Waals surface area (Å²) in [6.45, 7) is 3.38. The SMILES string of the molecule is Cc1cc(=O)c(O)cn1C1CCOCC1. The Bertz CT molecular complexity index is 405. The van der Waals surface area contributed by atoms with Gasteiger partial charge < -0.3 is 14.4 Å². The lowest BCUT2D eigenvalue weighted by atomic mass is 10.1. The van der Waals surface area contributed by atoms with Gasteiger partial charge in [-0.25, -0.2) is 0 Å². The van der Waals surface area contributed by atoms with Gasteiger partial charge in [0.05, 0.1) is 6.20 Å². The molecule has 0 aromatic carbocycles. The zero-order valence-electron chi connectivity index (χ0n) is 8.77. The molecule has 0 atom stereocenters. The van der Waals surface area contributed by atoms with E-state index in [9.17, 15) is 9.90 Å². The lowest BCUT2D eigenvalue weighted by Gasteiger charge is -2.26. The molecule has 0 radical (unpaired) electrons. The lowest BCUT2D eigenvalue weighted by Crippen LogP contribution is -2.22. The van der Waals surface area contributed by atoms with Gasteiger partial charge in [0.15, 0.2) is 5.75 Å². The molecule has 1 aliphatic rings. The van der Waals surface area contributed by atoms with Crippen LogP contribution in [0.15, 0.2) is 17.1 Å². The van der Waals surface area contributed by atoms with Gasteiger partial charge in [0.1, 0.15) is 0 Å². The summed E-state index contributed by atoms with van der Waals surface area (Å²) in [5.74, 6) is -0.174.